The zero-order chi connectivity index (χ0) is 17.1. The second kappa shape index (κ2) is 7.72. The fourth-order valence-electron chi connectivity index (χ4n) is 3.02. The first-order chi connectivity index (χ1) is 11.6. The fourth-order valence-corrected chi connectivity index (χ4v) is 4.45. The van der Waals surface area contributed by atoms with Crippen LogP contribution in [0.2, 0.25) is 0 Å². The van der Waals surface area contributed by atoms with Gasteiger partial charge in [-0.25, -0.2) is 0 Å². The first-order valence-corrected chi connectivity index (χ1v) is 10.4. The number of nitrogens with one attached hydrogen (secondary N) is 1. The lowest BCUT2D eigenvalue weighted by Crippen LogP contribution is -2.31. The molecule has 3 heterocycles. The molecule has 0 radical (unpaired) electrons. The lowest BCUT2D eigenvalue weighted by molar-refractivity contribution is 0.0955. The molecule has 0 aromatic carbocycles. The molecular formula is C17H23N3O2S2. The van der Waals surface area contributed by atoms with E-state index in [0.717, 1.165) is 55.4 Å². The van der Waals surface area contributed by atoms with E-state index in [0.29, 0.717) is 0 Å². The minimum atomic E-state index is 0.0701. The van der Waals surface area contributed by atoms with Gasteiger partial charge >= 0.3 is 0 Å². The minimum Gasteiger partial charge on any atom is -0.361 e. The quantitative estimate of drug-likeness (QED) is 0.798. The summed E-state index contributed by atoms with van der Waals surface area (Å²) in [4.78, 5) is 16.0. The molecule has 5 nitrogen and oxygen atoms in total. The van der Waals surface area contributed by atoms with Crippen molar-refractivity contribution in [2.75, 3.05) is 25.1 Å². The van der Waals surface area contributed by atoms with E-state index in [-0.39, 0.29) is 5.91 Å². The summed E-state index contributed by atoms with van der Waals surface area (Å²) in [6.07, 6.45) is 2.97. The minimum absolute atomic E-state index is 0.0701. The summed E-state index contributed by atoms with van der Waals surface area (Å²) in [6, 6.07) is 0. The van der Waals surface area contributed by atoms with Gasteiger partial charge in [0, 0.05) is 47.8 Å². The number of thiophene rings is 1. The molecule has 1 aliphatic rings. The number of hydrogen-bond donors (Lipinski definition) is 1. The van der Waals surface area contributed by atoms with Crippen molar-refractivity contribution in [2.45, 2.75) is 33.4 Å². The maximum Gasteiger partial charge on any atom is 0.252 e. The van der Waals surface area contributed by atoms with Crippen LogP contribution < -0.4 is 5.32 Å². The van der Waals surface area contributed by atoms with Gasteiger partial charge in [0.1, 0.15) is 5.76 Å². The predicted octanol–water partition coefficient (Wildman–Crippen LogP) is 3.00. The number of amides is 1. The van der Waals surface area contributed by atoms with Crippen LogP contribution in [0.5, 0.6) is 0 Å². The van der Waals surface area contributed by atoms with E-state index in [9.17, 15) is 4.79 Å². The first-order valence-electron chi connectivity index (χ1n) is 8.10. The molecule has 0 fully saturated rings. The van der Waals surface area contributed by atoms with Crippen molar-refractivity contribution < 1.29 is 9.32 Å². The van der Waals surface area contributed by atoms with Crippen molar-refractivity contribution in [1.29, 1.82) is 0 Å². The molecule has 0 atom stereocenters. The molecule has 1 aliphatic heterocycles. The van der Waals surface area contributed by atoms with Gasteiger partial charge in [0.15, 0.2) is 0 Å². The summed E-state index contributed by atoms with van der Waals surface area (Å²) >= 11 is 3.44. The zero-order valence-corrected chi connectivity index (χ0v) is 16.0. The molecule has 2 aromatic heterocycles. The van der Waals surface area contributed by atoms with Crippen molar-refractivity contribution >= 4 is 29.0 Å². The second-order valence-corrected chi connectivity index (χ2v) is 8.01. The number of aryl methyl sites for hydroxylation is 2. The fraction of sp³-hybridized carbons (Fsp3) is 0.529. The largest absolute Gasteiger partial charge is 0.361 e. The van der Waals surface area contributed by atoms with E-state index >= 15 is 0 Å². The van der Waals surface area contributed by atoms with Crippen molar-refractivity contribution in [3.05, 3.63) is 38.4 Å². The summed E-state index contributed by atoms with van der Waals surface area (Å²) < 4.78 is 5.26. The average molecular weight is 366 g/mol. The van der Waals surface area contributed by atoms with Crippen LogP contribution in [0.25, 0.3) is 0 Å². The number of carbonyl (C=O) groups is 1. The average Bonchev–Trinajstić information content (AvgIpc) is 3.13. The molecule has 130 valence electrons. The van der Waals surface area contributed by atoms with E-state index in [4.69, 9.17) is 4.52 Å². The Balaban J connectivity index is 1.66. The number of nitrogens with zero attached hydrogens (tertiary/aromatic N) is 2. The van der Waals surface area contributed by atoms with Crippen molar-refractivity contribution in [1.82, 2.24) is 15.4 Å². The van der Waals surface area contributed by atoms with Gasteiger partial charge < -0.3 is 9.84 Å². The third-order valence-corrected chi connectivity index (χ3v) is 6.05. The first kappa shape index (κ1) is 17.5. The maximum absolute atomic E-state index is 12.3. The third-order valence-electron chi connectivity index (χ3n) is 4.43. The molecule has 3 rings (SSSR count). The number of aromatic nitrogens is 1. The van der Waals surface area contributed by atoms with Crippen LogP contribution in [-0.2, 0) is 19.5 Å². The van der Waals surface area contributed by atoms with Crippen LogP contribution in [0.4, 0.5) is 0 Å². The molecule has 0 bridgehead atoms. The van der Waals surface area contributed by atoms with Crippen LogP contribution in [0, 0.1) is 13.8 Å². The van der Waals surface area contributed by atoms with Gasteiger partial charge in [-0.2, -0.15) is 11.8 Å². The second-order valence-electron chi connectivity index (χ2n) is 6.06. The van der Waals surface area contributed by atoms with E-state index in [1.54, 1.807) is 23.1 Å². The summed E-state index contributed by atoms with van der Waals surface area (Å²) in [6.45, 7) is 7.38. The smallest absolute Gasteiger partial charge is 0.252 e. The SMILES string of the molecule is CSCCNC(=O)c1csc2c1CCN(Cc1c(C)noc1C)C2. The molecule has 7 heteroatoms. The Morgan fingerprint density at radius 1 is 1.50 bits per heavy atom. The third kappa shape index (κ3) is 3.68. The Hall–Kier alpha value is -1.31. The number of hydrogen-bond acceptors (Lipinski definition) is 6. The highest BCUT2D eigenvalue weighted by atomic mass is 32.2. The molecule has 0 aliphatic carbocycles. The van der Waals surface area contributed by atoms with Crippen LogP contribution >= 0.6 is 23.1 Å². The van der Waals surface area contributed by atoms with Gasteiger partial charge in [-0.1, -0.05) is 5.16 Å². The number of carbonyl (C=O) groups excluding carboxylic acids is 1. The Morgan fingerprint density at radius 2 is 2.33 bits per heavy atom. The van der Waals surface area contributed by atoms with Gasteiger partial charge in [0.2, 0.25) is 0 Å². The number of rotatable bonds is 6. The van der Waals surface area contributed by atoms with E-state index in [1.807, 2.05) is 25.5 Å². The Morgan fingerprint density at radius 3 is 3.04 bits per heavy atom. The van der Waals surface area contributed by atoms with Gasteiger partial charge in [0.25, 0.3) is 5.91 Å². The van der Waals surface area contributed by atoms with E-state index in [2.05, 4.69) is 15.4 Å². The van der Waals surface area contributed by atoms with Crippen LogP contribution in [0.3, 0.4) is 0 Å². The molecule has 1 N–H and O–H groups in total. The van der Waals surface area contributed by atoms with Crippen LogP contribution in [0.15, 0.2) is 9.90 Å². The van der Waals surface area contributed by atoms with Crippen molar-refractivity contribution in [3.63, 3.8) is 0 Å². The Bertz CT molecular complexity index is 704. The molecule has 0 spiro atoms. The Labute approximate surface area is 150 Å². The molecule has 24 heavy (non-hydrogen) atoms. The summed E-state index contributed by atoms with van der Waals surface area (Å²) in [5.41, 5.74) is 4.26. The standard InChI is InChI=1S/C17H23N3O2S2/c1-11-14(12(2)22-19-11)8-20-6-4-13-15(10-24-16(13)9-20)17(21)18-5-7-23-3/h10H,4-9H2,1-3H3,(H,18,21). The zero-order valence-electron chi connectivity index (χ0n) is 14.3. The summed E-state index contributed by atoms with van der Waals surface area (Å²) in [7, 11) is 0. The topological polar surface area (TPSA) is 58.4 Å². The van der Waals surface area contributed by atoms with Crippen molar-refractivity contribution in [3.8, 4) is 0 Å². The molecule has 2 aromatic rings. The monoisotopic (exact) mass is 365 g/mol. The molecule has 0 unspecified atom stereocenters. The Kier molecular flexibility index (Phi) is 5.63. The summed E-state index contributed by atoms with van der Waals surface area (Å²) in [5, 5.41) is 9.06. The number of thioether (sulfide) groups is 1. The van der Waals surface area contributed by atoms with Gasteiger partial charge in [0.05, 0.1) is 11.3 Å². The molecule has 0 saturated carbocycles. The predicted molar refractivity (Wildman–Crippen MR) is 98.8 cm³/mol. The highest BCUT2D eigenvalue weighted by Gasteiger charge is 2.25. The lowest BCUT2D eigenvalue weighted by atomic mass is 10.0. The molecular weight excluding hydrogens is 342 g/mol. The van der Waals surface area contributed by atoms with Crippen molar-refractivity contribution in [2.24, 2.45) is 0 Å². The van der Waals surface area contributed by atoms with E-state index in [1.165, 1.54) is 16.0 Å². The maximum atomic E-state index is 12.3. The van der Waals surface area contributed by atoms with Crippen LogP contribution in [0.1, 0.15) is 37.8 Å². The van der Waals surface area contributed by atoms with Gasteiger partial charge in [-0.05, 0) is 32.1 Å². The van der Waals surface area contributed by atoms with E-state index < -0.39 is 0 Å². The highest BCUT2D eigenvalue weighted by molar-refractivity contribution is 7.98. The van der Waals surface area contributed by atoms with Gasteiger partial charge in [-0.15, -0.1) is 11.3 Å². The van der Waals surface area contributed by atoms with Crippen LogP contribution in [-0.4, -0.2) is 41.1 Å². The molecule has 0 saturated heterocycles. The van der Waals surface area contributed by atoms with Gasteiger partial charge in [-0.3, -0.25) is 9.69 Å². The summed E-state index contributed by atoms with van der Waals surface area (Å²) in [5.74, 6) is 1.92. The number of fused-ring (bicyclic) bond motifs is 1. The lowest BCUT2D eigenvalue weighted by Gasteiger charge is -2.27. The molecule has 1 amide bonds. The highest BCUT2D eigenvalue weighted by Crippen LogP contribution is 2.30. The normalized spacial score (nSPS) is 14.6.